The highest BCUT2D eigenvalue weighted by Gasteiger charge is 2.46. The summed E-state index contributed by atoms with van der Waals surface area (Å²) in [5, 5.41) is 8.46. The van der Waals surface area contributed by atoms with Crippen LogP contribution in [0.5, 0.6) is 5.75 Å². The third kappa shape index (κ3) is 4.66. The van der Waals surface area contributed by atoms with Crippen molar-refractivity contribution < 1.29 is 17.9 Å². The number of rotatable bonds is 6. The van der Waals surface area contributed by atoms with E-state index in [1.165, 1.54) is 38.2 Å². The molecule has 2 heterocycles. The maximum absolute atomic E-state index is 13.1. The molecule has 2 aliphatic heterocycles. The van der Waals surface area contributed by atoms with Gasteiger partial charge in [-0.3, -0.25) is 9.69 Å². The monoisotopic (exact) mass is 447 g/mol. The molecular formula is C23H33N3O4S. The topological polar surface area (TPSA) is 102 Å². The number of benzene rings is 1. The number of sulfonamides is 1. The molecule has 2 atom stereocenters. The summed E-state index contributed by atoms with van der Waals surface area (Å²) in [6.07, 6.45) is 9.66. The molecule has 1 aromatic carbocycles. The number of hydrogen-bond acceptors (Lipinski definition) is 5. The summed E-state index contributed by atoms with van der Waals surface area (Å²) >= 11 is 0. The predicted molar refractivity (Wildman–Crippen MR) is 121 cm³/mol. The molecule has 1 amide bonds. The van der Waals surface area contributed by atoms with Crippen molar-refractivity contribution in [3.8, 4) is 5.75 Å². The Morgan fingerprint density at radius 3 is 2.84 bits per heavy atom. The van der Waals surface area contributed by atoms with Crippen LogP contribution in [-0.2, 0) is 16.4 Å². The third-order valence-corrected chi connectivity index (χ3v) is 8.21. The van der Waals surface area contributed by atoms with Crippen molar-refractivity contribution in [1.82, 2.24) is 10.2 Å². The minimum Gasteiger partial charge on any atom is -0.469 e. The molecule has 8 heteroatoms. The Hall–Kier alpha value is -1.90. The summed E-state index contributed by atoms with van der Waals surface area (Å²) < 4.78 is 29.8. The summed E-state index contributed by atoms with van der Waals surface area (Å²) in [6, 6.07) is 3.93. The van der Waals surface area contributed by atoms with Gasteiger partial charge in [0.2, 0.25) is 15.0 Å². The summed E-state index contributed by atoms with van der Waals surface area (Å²) in [7, 11) is -3.94. The number of ether oxygens (including phenoxy) is 1. The quantitative estimate of drug-likeness (QED) is 0.653. The second-order valence-electron chi connectivity index (χ2n) is 9.34. The van der Waals surface area contributed by atoms with Crippen molar-refractivity contribution in [2.24, 2.45) is 5.14 Å². The van der Waals surface area contributed by atoms with Gasteiger partial charge < -0.3 is 10.1 Å². The van der Waals surface area contributed by atoms with Crippen molar-refractivity contribution in [3.05, 3.63) is 40.5 Å². The van der Waals surface area contributed by atoms with E-state index in [2.05, 4.69) is 16.3 Å². The lowest BCUT2D eigenvalue weighted by Gasteiger charge is -2.27. The number of carbonyl (C=O) groups is 1. The molecule has 0 radical (unpaired) electrons. The van der Waals surface area contributed by atoms with Gasteiger partial charge in [-0.2, -0.15) is 0 Å². The molecule has 2 unspecified atom stereocenters. The van der Waals surface area contributed by atoms with E-state index >= 15 is 0 Å². The summed E-state index contributed by atoms with van der Waals surface area (Å²) in [5.41, 5.74) is 3.49. The van der Waals surface area contributed by atoms with Gasteiger partial charge in [0.25, 0.3) is 5.91 Å². The maximum Gasteiger partial charge on any atom is 0.255 e. The standard InChI is InChI=1S/C23H33N3O4S/c1-16-11-18-13-23(2,31(24,28)29)30-21(18)20(12-16)22(27)25-14-19-9-6-10-26(19)15-17-7-4-3-5-8-17/h7,11-12,19H,3-6,8-10,13-15H2,1-2H3,(H,25,27)(H2,24,28,29). The summed E-state index contributed by atoms with van der Waals surface area (Å²) in [4.78, 5) is 14.0. The first-order chi connectivity index (χ1) is 14.7. The van der Waals surface area contributed by atoms with Crippen molar-refractivity contribution in [2.45, 2.75) is 69.8 Å². The van der Waals surface area contributed by atoms with Crippen LogP contribution in [0.3, 0.4) is 0 Å². The van der Waals surface area contributed by atoms with Crippen LogP contribution >= 0.6 is 0 Å². The van der Waals surface area contributed by atoms with Crippen LogP contribution in [0.2, 0.25) is 0 Å². The molecule has 3 N–H and O–H groups in total. The molecule has 1 aromatic rings. The van der Waals surface area contributed by atoms with Gasteiger partial charge in [0.05, 0.1) is 5.56 Å². The normalized spacial score (nSPS) is 26.3. The van der Waals surface area contributed by atoms with E-state index in [1.807, 2.05) is 13.0 Å². The van der Waals surface area contributed by atoms with E-state index in [9.17, 15) is 13.2 Å². The van der Waals surface area contributed by atoms with Crippen LogP contribution in [0.25, 0.3) is 0 Å². The lowest BCUT2D eigenvalue weighted by Crippen LogP contribution is -2.44. The lowest BCUT2D eigenvalue weighted by atomic mass is 9.99. The zero-order chi connectivity index (χ0) is 22.2. The summed E-state index contributed by atoms with van der Waals surface area (Å²) in [5.74, 6) is 0.0950. The van der Waals surface area contributed by atoms with E-state index in [0.717, 1.165) is 31.5 Å². The fourth-order valence-corrected chi connectivity index (χ4v) is 5.53. The molecule has 170 valence electrons. The van der Waals surface area contributed by atoms with E-state index in [-0.39, 0.29) is 12.3 Å². The van der Waals surface area contributed by atoms with E-state index in [4.69, 9.17) is 9.88 Å². The number of carbonyl (C=O) groups excluding carboxylic acids is 1. The van der Waals surface area contributed by atoms with Gasteiger partial charge in [-0.25, -0.2) is 13.6 Å². The van der Waals surface area contributed by atoms with Crippen LogP contribution in [0.1, 0.15) is 66.9 Å². The van der Waals surface area contributed by atoms with Crippen molar-refractivity contribution >= 4 is 15.9 Å². The van der Waals surface area contributed by atoms with E-state index in [1.54, 1.807) is 6.07 Å². The molecule has 0 bridgehead atoms. The minimum absolute atomic E-state index is 0.134. The largest absolute Gasteiger partial charge is 0.469 e. The molecule has 0 saturated carbocycles. The number of amides is 1. The average molecular weight is 448 g/mol. The Bertz CT molecular complexity index is 1000. The third-order valence-electron chi connectivity index (χ3n) is 6.77. The number of nitrogens with two attached hydrogens (primary N) is 1. The molecule has 1 saturated heterocycles. The zero-order valence-corrected chi connectivity index (χ0v) is 19.3. The van der Waals surface area contributed by atoms with Crippen LogP contribution < -0.4 is 15.2 Å². The van der Waals surface area contributed by atoms with Crippen LogP contribution in [0.15, 0.2) is 23.8 Å². The number of fused-ring (bicyclic) bond motifs is 1. The molecule has 0 spiro atoms. The van der Waals surface area contributed by atoms with Gasteiger partial charge in [0.1, 0.15) is 5.75 Å². The van der Waals surface area contributed by atoms with Gasteiger partial charge >= 0.3 is 0 Å². The molecule has 3 aliphatic rings. The number of likely N-dealkylation sites (tertiary alicyclic amines) is 1. The molecule has 0 aromatic heterocycles. The van der Waals surface area contributed by atoms with Crippen molar-refractivity contribution in [2.75, 3.05) is 19.6 Å². The number of hydrogen-bond donors (Lipinski definition) is 2. The number of primary sulfonamides is 1. The van der Waals surface area contributed by atoms with Gasteiger partial charge in [-0.05, 0) is 70.5 Å². The van der Waals surface area contributed by atoms with E-state index < -0.39 is 15.0 Å². The first-order valence-electron chi connectivity index (χ1n) is 11.2. The maximum atomic E-state index is 13.1. The Morgan fingerprint density at radius 2 is 2.13 bits per heavy atom. The van der Waals surface area contributed by atoms with E-state index in [0.29, 0.717) is 29.5 Å². The summed E-state index contributed by atoms with van der Waals surface area (Å²) in [6.45, 7) is 5.97. The van der Waals surface area contributed by atoms with Crippen LogP contribution in [0.4, 0.5) is 0 Å². The Balaban J connectivity index is 1.45. The number of nitrogens with zero attached hydrogens (tertiary/aromatic N) is 1. The fourth-order valence-electron chi connectivity index (χ4n) is 4.97. The highest BCUT2D eigenvalue weighted by molar-refractivity contribution is 7.90. The molecule has 4 rings (SSSR count). The smallest absolute Gasteiger partial charge is 0.255 e. The molecule has 1 fully saturated rings. The highest BCUT2D eigenvalue weighted by Crippen LogP contribution is 2.40. The second kappa shape index (κ2) is 8.56. The molecule has 1 aliphatic carbocycles. The Labute approximate surface area is 185 Å². The van der Waals surface area contributed by atoms with Crippen LogP contribution in [0, 0.1) is 6.92 Å². The van der Waals surface area contributed by atoms with Gasteiger partial charge in [-0.1, -0.05) is 17.7 Å². The van der Waals surface area contributed by atoms with Crippen molar-refractivity contribution in [3.63, 3.8) is 0 Å². The number of aryl methyl sites for hydroxylation is 1. The lowest BCUT2D eigenvalue weighted by molar-refractivity contribution is 0.0935. The zero-order valence-electron chi connectivity index (χ0n) is 18.4. The van der Waals surface area contributed by atoms with Gasteiger partial charge in [0.15, 0.2) is 0 Å². The number of nitrogens with one attached hydrogen (secondary N) is 1. The molecular weight excluding hydrogens is 414 g/mol. The molecule has 7 nitrogen and oxygen atoms in total. The first-order valence-corrected chi connectivity index (χ1v) is 12.8. The fraction of sp³-hybridized carbons (Fsp3) is 0.609. The van der Waals surface area contributed by atoms with Crippen molar-refractivity contribution in [1.29, 1.82) is 0 Å². The number of allylic oxidation sites excluding steroid dienone is 1. The van der Waals surface area contributed by atoms with Crippen LogP contribution in [-0.4, -0.2) is 49.8 Å². The minimum atomic E-state index is -3.94. The van der Waals surface area contributed by atoms with Gasteiger partial charge in [-0.15, -0.1) is 0 Å². The highest BCUT2D eigenvalue weighted by atomic mass is 32.2. The Morgan fingerprint density at radius 1 is 1.32 bits per heavy atom. The average Bonchev–Trinajstić information content (AvgIpc) is 3.29. The first kappa shape index (κ1) is 22.3. The SMILES string of the molecule is Cc1cc2c(c(C(=O)NCC3CCCN3CC3=CCCCC3)c1)OC(C)(S(N)(=O)=O)C2. The van der Waals surface area contributed by atoms with Gasteiger partial charge in [0, 0.05) is 31.1 Å². The Kier molecular flexibility index (Phi) is 6.16. The second-order valence-corrected chi connectivity index (χ2v) is 11.3. The molecule has 31 heavy (non-hydrogen) atoms. The predicted octanol–water partition coefficient (Wildman–Crippen LogP) is 2.63.